The van der Waals surface area contributed by atoms with Gasteiger partial charge in [0.25, 0.3) is 0 Å². The van der Waals surface area contributed by atoms with E-state index in [0.717, 1.165) is 5.56 Å². The van der Waals surface area contributed by atoms with Gasteiger partial charge in [-0.2, -0.15) is 0 Å². The maximum atomic E-state index is 11.0. The van der Waals surface area contributed by atoms with Crippen molar-refractivity contribution in [3.05, 3.63) is 35.4 Å². The molecular weight excluding hydrogens is 668 g/mol. The largest absolute Gasteiger partial charge is 0.502 e. The van der Waals surface area contributed by atoms with E-state index in [9.17, 15) is 35.7 Å². The lowest BCUT2D eigenvalue weighted by Gasteiger charge is -2.42. The zero-order chi connectivity index (χ0) is 35.9. The molecule has 17 heteroatoms. The molecule has 278 valence electrons. The van der Waals surface area contributed by atoms with Crippen LogP contribution in [-0.4, -0.2) is 146 Å². The van der Waals surface area contributed by atoms with Gasteiger partial charge in [-0.1, -0.05) is 0 Å². The van der Waals surface area contributed by atoms with Crippen LogP contribution in [0, 0.1) is 11.8 Å². The normalized spacial score (nSPS) is 36.6. The van der Waals surface area contributed by atoms with Gasteiger partial charge in [0, 0.05) is 11.8 Å². The third kappa shape index (κ3) is 6.41. The van der Waals surface area contributed by atoms with Crippen molar-refractivity contribution in [1.29, 1.82) is 0 Å². The van der Waals surface area contributed by atoms with Crippen LogP contribution in [0.3, 0.4) is 0 Å². The summed E-state index contributed by atoms with van der Waals surface area (Å²) in [6, 6.07) is 6.82. The first-order valence-corrected chi connectivity index (χ1v) is 16.0. The van der Waals surface area contributed by atoms with Gasteiger partial charge in [-0.3, -0.25) is 0 Å². The predicted molar refractivity (Wildman–Crippen MR) is 166 cm³/mol. The molecule has 4 saturated heterocycles. The molecule has 4 heterocycles. The molecular formula is C33H44O17. The second-order valence-corrected chi connectivity index (χ2v) is 12.7. The molecule has 4 aliphatic rings. The summed E-state index contributed by atoms with van der Waals surface area (Å²) in [5.74, 6) is 0.665. The van der Waals surface area contributed by atoms with Gasteiger partial charge in [0.05, 0.1) is 73.7 Å². The van der Waals surface area contributed by atoms with Crippen molar-refractivity contribution in [2.24, 2.45) is 11.8 Å². The summed E-state index contributed by atoms with van der Waals surface area (Å²) in [5, 5.41) is 72.4. The number of ether oxygens (including phenoxy) is 10. The lowest BCUT2D eigenvalue weighted by Crippen LogP contribution is -2.62. The molecule has 0 bridgehead atoms. The highest BCUT2D eigenvalue weighted by molar-refractivity contribution is 5.55. The Balaban J connectivity index is 1.26. The summed E-state index contributed by atoms with van der Waals surface area (Å²) < 4.78 is 57.7. The SMILES string of the molecule is COc1cc([C@@H]2OCC3C2CO[C@@H]3c2cc(OC)c(O[C@@H]3O[C@H](CO)[C@@H](O)[C@H](O)[C@H]3O[C@@H]3OC[C@](O)(CO)[C@H]3O)c(OC)c2)cc(OC)c1O. The monoisotopic (exact) mass is 712 g/mol. The minimum absolute atomic E-state index is 0.0239. The van der Waals surface area contributed by atoms with Gasteiger partial charge < -0.3 is 83.1 Å². The number of benzene rings is 2. The molecule has 0 spiro atoms. The fraction of sp³-hybridized carbons (Fsp3) is 0.636. The second-order valence-electron chi connectivity index (χ2n) is 12.7. The molecule has 2 unspecified atom stereocenters. The van der Waals surface area contributed by atoms with Gasteiger partial charge in [-0.05, 0) is 35.4 Å². The minimum Gasteiger partial charge on any atom is -0.502 e. The van der Waals surface area contributed by atoms with Crippen molar-refractivity contribution in [2.45, 2.75) is 60.9 Å². The highest BCUT2D eigenvalue weighted by Crippen LogP contribution is 2.54. The zero-order valence-electron chi connectivity index (χ0n) is 27.9. The van der Waals surface area contributed by atoms with E-state index >= 15 is 0 Å². The van der Waals surface area contributed by atoms with Crippen LogP contribution < -0.4 is 23.7 Å². The van der Waals surface area contributed by atoms with E-state index in [1.54, 1.807) is 24.3 Å². The maximum absolute atomic E-state index is 11.0. The van der Waals surface area contributed by atoms with Gasteiger partial charge >= 0.3 is 0 Å². The molecule has 2 aromatic carbocycles. The Labute approximate surface area is 287 Å². The van der Waals surface area contributed by atoms with Crippen LogP contribution in [0.4, 0.5) is 0 Å². The van der Waals surface area contributed by atoms with Crippen LogP contribution >= 0.6 is 0 Å². The standard InChI is InChI=1S/C33H44O17/c1-41-18-5-14(6-19(42-2)23(18)36)26-16-10-46-27(17(16)11-45-26)15-7-20(43-3)28(21(8-15)44-4)49-31-29(25(38)24(37)22(9-34)48-31)50-32-30(39)33(40,12-35)13-47-32/h5-8,16-17,22,24-27,29-32,34-40H,9-13H2,1-4H3/t16?,17?,22-,24-,25+,26+,27-,29-,30+,31+,32+,33-/m1/s1. The number of hydrogen-bond acceptors (Lipinski definition) is 17. The summed E-state index contributed by atoms with van der Waals surface area (Å²) in [6.07, 6.45) is -11.8. The molecule has 0 saturated carbocycles. The molecule has 50 heavy (non-hydrogen) atoms. The van der Waals surface area contributed by atoms with E-state index in [2.05, 4.69) is 0 Å². The lowest BCUT2D eigenvalue weighted by atomic mass is 9.84. The number of rotatable bonds is 12. The van der Waals surface area contributed by atoms with E-state index in [-0.39, 0.29) is 52.4 Å². The molecule has 0 amide bonds. The van der Waals surface area contributed by atoms with Crippen LogP contribution in [0.2, 0.25) is 0 Å². The number of aromatic hydroxyl groups is 1. The van der Waals surface area contributed by atoms with Crippen molar-refractivity contribution in [1.82, 2.24) is 0 Å². The highest BCUT2D eigenvalue weighted by atomic mass is 16.8. The number of phenols is 1. The maximum Gasteiger partial charge on any atom is 0.230 e. The van der Waals surface area contributed by atoms with Crippen LogP contribution in [-0.2, 0) is 23.7 Å². The first kappa shape index (κ1) is 36.6. The minimum atomic E-state index is -2.02. The first-order valence-electron chi connectivity index (χ1n) is 16.0. The van der Waals surface area contributed by atoms with Crippen LogP contribution in [0.1, 0.15) is 23.3 Å². The average molecular weight is 713 g/mol. The summed E-state index contributed by atoms with van der Waals surface area (Å²) in [5.41, 5.74) is -0.567. The Bertz CT molecular complexity index is 1440. The topological polar surface area (TPSA) is 234 Å². The number of hydrogen-bond donors (Lipinski definition) is 7. The predicted octanol–water partition coefficient (Wildman–Crippen LogP) is -0.855. The molecule has 2 aromatic rings. The lowest BCUT2D eigenvalue weighted by molar-refractivity contribution is -0.319. The van der Waals surface area contributed by atoms with Gasteiger partial charge in [-0.15, -0.1) is 0 Å². The molecule has 6 rings (SSSR count). The molecule has 12 atom stereocenters. The van der Waals surface area contributed by atoms with Crippen molar-refractivity contribution >= 4 is 0 Å². The van der Waals surface area contributed by atoms with Crippen molar-refractivity contribution in [3.8, 4) is 34.5 Å². The van der Waals surface area contributed by atoms with Gasteiger partial charge in [0.2, 0.25) is 17.8 Å². The third-order valence-electron chi connectivity index (χ3n) is 9.84. The fourth-order valence-corrected chi connectivity index (χ4v) is 6.97. The van der Waals surface area contributed by atoms with E-state index in [1.807, 2.05) is 0 Å². The second kappa shape index (κ2) is 14.8. The van der Waals surface area contributed by atoms with Gasteiger partial charge in [-0.25, -0.2) is 0 Å². The van der Waals surface area contributed by atoms with E-state index < -0.39 is 74.6 Å². The van der Waals surface area contributed by atoms with E-state index in [4.69, 9.17) is 47.4 Å². The molecule has 4 fully saturated rings. The van der Waals surface area contributed by atoms with Crippen molar-refractivity contribution in [3.63, 3.8) is 0 Å². The number of aliphatic hydroxyl groups is 6. The quantitative estimate of drug-likeness (QED) is 0.142. The van der Waals surface area contributed by atoms with E-state index in [0.29, 0.717) is 18.8 Å². The van der Waals surface area contributed by atoms with Crippen molar-refractivity contribution < 1.29 is 83.1 Å². The number of aliphatic hydroxyl groups excluding tert-OH is 5. The van der Waals surface area contributed by atoms with Gasteiger partial charge in [0.1, 0.15) is 30.0 Å². The van der Waals surface area contributed by atoms with Crippen LogP contribution in [0.15, 0.2) is 24.3 Å². The summed E-state index contributed by atoms with van der Waals surface area (Å²) >= 11 is 0. The Kier molecular flexibility index (Phi) is 10.8. The third-order valence-corrected chi connectivity index (χ3v) is 9.84. The molecule has 4 aliphatic heterocycles. The Morgan fingerprint density at radius 1 is 0.740 bits per heavy atom. The van der Waals surface area contributed by atoms with Crippen molar-refractivity contribution in [2.75, 3.05) is 61.5 Å². The van der Waals surface area contributed by atoms with Crippen LogP contribution in [0.5, 0.6) is 34.5 Å². The summed E-state index contributed by atoms with van der Waals surface area (Å²) in [6.45, 7) is -1.24. The Morgan fingerprint density at radius 3 is 1.72 bits per heavy atom. The molecule has 0 aliphatic carbocycles. The molecule has 17 nitrogen and oxygen atoms in total. The number of phenolic OH excluding ortho intramolecular Hbond substituents is 1. The number of methoxy groups -OCH3 is 4. The number of fused-ring (bicyclic) bond motifs is 1. The smallest absolute Gasteiger partial charge is 0.230 e. The zero-order valence-corrected chi connectivity index (χ0v) is 27.9. The summed E-state index contributed by atoms with van der Waals surface area (Å²) in [4.78, 5) is 0. The van der Waals surface area contributed by atoms with Crippen LogP contribution in [0.25, 0.3) is 0 Å². The van der Waals surface area contributed by atoms with Gasteiger partial charge in [0.15, 0.2) is 35.4 Å². The average Bonchev–Trinajstić information content (AvgIpc) is 3.82. The molecule has 0 radical (unpaired) electrons. The first-order chi connectivity index (χ1) is 24.0. The Hall–Kier alpha value is -3.20. The fourth-order valence-electron chi connectivity index (χ4n) is 6.97. The summed E-state index contributed by atoms with van der Waals surface area (Å²) in [7, 11) is 5.73. The molecule has 7 N–H and O–H groups in total. The van der Waals surface area contributed by atoms with E-state index in [1.165, 1.54) is 28.4 Å². The highest BCUT2D eigenvalue weighted by Gasteiger charge is 2.54. The Morgan fingerprint density at radius 2 is 1.26 bits per heavy atom. The molecule has 0 aromatic heterocycles.